The Bertz CT molecular complexity index is 999. The maximum atomic E-state index is 12.3. The number of nitrogens with one attached hydrogen (secondary N) is 1. The van der Waals surface area contributed by atoms with Gasteiger partial charge in [0.1, 0.15) is 11.8 Å². The molecule has 0 bridgehead atoms. The highest BCUT2D eigenvalue weighted by molar-refractivity contribution is 7.89. The van der Waals surface area contributed by atoms with Crippen LogP contribution < -0.4 is 11.1 Å². The van der Waals surface area contributed by atoms with Crippen molar-refractivity contribution in [3.05, 3.63) is 41.9 Å². The van der Waals surface area contributed by atoms with Crippen LogP contribution in [0.3, 0.4) is 0 Å². The van der Waals surface area contributed by atoms with Crippen LogP contribution in [0.4, 0.5) is 5.69 Å². The van der Waals surface area contributed by atoms with Crippen molar-refractivity contribution < 1.29 is 17.6 Å². The maximum Gasteiger partial charge on any atom is 0.277 e. The molecule has 0 fully saturated rings. The molecule has 0 unspecified atom stereocenters. The first kappa shape index (κ1) is 17.9. The van der Waals surface area contributed by atoms with Crippen LogP contribution in [0.25, 0.3) is 0 Å². The number of amides is 1. The van der Waals surface area contributed by atoms with Gasteiger partial charge in [-0.3, -0.25) is 9.78 Å². The number of nitrogens with zero attached hydrogens (tertiary/aromatic N) is 4. The van der Waals surface area contributed by atoms with Crippen LogP contribution in [0.1, 0.15) is 28.9 Å². The Hall–Kier alpha value is -2.95. The molecule has 0 saturated heterocycles. The first-order valence-corrected chi connectivity index (χ1v) is 9.22. The van der Waals surface area contributed by atoms with Gasteiger partial charge in [0.05, 0.1) is 17.6 Å². The predicted octanol–water partition coefficient (Wildman–Crippen LogP) is 0.435. The van der Waals surface area contributed by atoms with Crippen molar-refractivity contribution in [2.75, 3.05) is 18.1 Å². The zero-order valence-electron chi connectivity index (χ0n) is 14.4. The molecule has 0 aliphatic carbocycles. The normalized spacial score (nSPS) is 22.0. The molecule has 1 atom stereocenters. The minimum Gasteiger partial charge on any atom is -0.448 e. The molecule has 1 aliphatic heterocycles. The summed E-state index contributed by atoms with van der Waals surface area (Å²) >= 11 is 0. The summed E-state index contributed by atoms with van der Waals surface area (Å²) in [5.74, 6) is -0.467. The molecule has 0 radical (unpaired) electrons. The van der Waals surface area contributed by atoms with E-state index in [2.05, 4.69) is 20.3 Å². The number of rotatable bonds is 3. The molecule has 0 saturated carbocycles. The van der Waals surface area contributed by atoms with Gasteiger partial charge < -0.3 is 15.5 Å². The number of guanidine groups is 1. The fourth-order valence-corrected chi connectivity index (χ4v) is 4.02. The Labute approximate surface area is 150 Å². The second kappa shape index (κ2) is 6.09. The number of aryl methyl sites for hydroxylation is 1. The van der Waals surface area contributed by atoms with Gasteiger partial charge >= 0.3 is 0 Å². The topological polar surface area (TPSA) is 144 Å². The Morgan fingerprint density at radius 3 is 2.77 bits per heavy atom. The number of sulfonamides is 1. The van der Waals surface area contributed by atoms with E-state index in [-0.39, 0.29) is 17.4 Å². The van der Waals surface area contributed by atoms with E-state index >= 15 is 0 Å². The van der Waals surface area contributed by atoms with Gasteiger partial charge in [-0.2, -0.15) is 0 Å². The number of nitrogens with two attached hydrogens (primary N) is 1. The number of carbonyl (C=O) groups is 1. The second-order valence-electron chi connectivity index (χ2n) is 6.14. The Morgan fingerprint density at radius 1 is 1.42 bits per heavy atom. The molecule has 3 rings (SSSR count). The van der Waals surface area contributed by atoms with E-state index in [9.17, 15) is 13.2 Å². The molecule has 0 aromatic carbocycles. The van der Waals surface area contributed by atoms with Crippen molar-refractivity contribution in [1.29, 1.82) is 0 Å². The van der Waals surface area contributed by atoms with E-state index < -0.39 is 21.5 Å². The van der Waals surface area contributed by atoms with Crippen molar-refractivity contribution in [2.24, 2.45) is 10.7 Å². The Kier molecular flexibility index (Phi) is 4.18. The second-order valence-corrected chi connectivity index (χ2v) is 8.14. The fourth-order valence-electron chi connectivity index (χ4n) is 2.56. The SMILES string of the molecule is Cc1nc(C(=O)Nc2cncc([C@]3(C)CS(=O)(=O)N(C)C(N)=N3)c2)co1. The van der Waals surface area contributed by atoms with Gasteiger partial charge in [0.25, 0.3) is 5.91 Å². The molecule has 1 amide bonds. The average molecular weight is 378 g/mol. The van der Waals surface area contributed by atoms with Gasteiger partial charge in [-0.05, 0) is 13.0 Å². The van der Waals surface area contributed by atoms with Crippen LogP contribution in [-0.4, -0.2) is 47.4 Å². The molecule has 11 heteroatoms. The van der Waals surface area contributed by atoms with E-state index in [0.29, 0.717) is 17.1 Å². The molecule has 138 valence electrons. The van der Waals surface area contributed by atoms with Crippen molar-refractivity contribution in [3.63, 3.8) is 0 Å². The lowest BCUT2D eigenvalue weighted by Crippen LogP contribution is -2.50. The number of anilines is 1. The summed E-state index contributed by atoms with van der Waals surface area (Å²) in [7, 11) is -2.25. The van der Waals surface area contributed by atoms with Crippen LogP contribution in [0.15, 0.2) is 34.1 Å². The minimum absolute atomic E-state index is 0.105. The summed E-state index contributed by atoms with van der Waals surface area (Å²) in [6.45, 7) is 3.27. The van der Waals surface area contributed by atoms with Gasteiger partial charge in [0, 0.05) is 25.7 Å². The van der Waals surface area contributed by atoms with Crippen LogP contribution >= 0.6 is 0 Å². The van der Waals surface area contributed by atoms with Gasteiger partial charge in [-0.25, -0.2) is 22.7 Å². The predicted molar refractivity (Wildman–Crippen MR) is 94.0 cm³/mol. The van der Waals surface area contributed by atoms with E-state index in [4.69, 9.17) is 10.2 Å². The minimum atomic E-state index is -3.60. The average Bonchev–Trinajstić information content (AvgIpc) is 2.99. The van der Waals surface area contributed by atoms with Crippen molar-refractivity contribution in [2.45, 2.75) is 19.4 Å². The molecule has 1 aliphatic rings. The highest BCUT2D eigenvalue weighted by atomic mass is 32.2. The molecule has 0 spiro atoms. The molecule has 2 aromatic rings. The fraction of sp³-hybridized carbons (Fsp3) is 0.333. The van der Waals surface area contributed by atoms with Gasteiger partial charge in [0.15, 0.2) is 11.6 Å². The number of aromatic nitrogens is 2. The molecule has 2 aromatic heterocycles. The number of pyridine rings is 1. The number of aliphatic imine (C=N–C) groups is 1. The molecule has 3 heterocycles. The Balaban J connectivity index is 1.91. The molecular weight excluding hydrogens is 360 g/mol. The van der Waals surface area contributed by atoms with E-state index in [1.165, 1.54) is 25.7 Å². The highest BCUT2D eigenvalue weighted by Crippen LogP contribution is 2.32. The maximum absolute atomic E-state index is 12.3. The van der Waals surface area contributed by atoms with Gasteiger partial charge in [0.2, 0.25) is 16.0 Å². The van der Waals surface area contributed by atoms with Gasteiger partial charge in [-0.1, -0.05) is 0 Å². The zero-order chi connectivity index (χ0) is 19.1. The summed E-state index contributed by atoms with van der Waals surface area (Å²) < 4.78 is 30.5. The summed E-state index contributed by atoms with van der Waals surface area (Å²) in [5, 5.41) is 2.65. The van der Waals surface area contributed by atoms with E-state index in [0.717, 1.165) is 4.31 Å². The largest absolute Gasteiger partial charge is 0.448 e. The van der Waals surface area contributed by atoms with Crippen LogP contribution in [0.2, 0.25) is 0 Å². The standard InChI is InChI=1S/C15H18N6O4S/c1-9-18-12(7-25-9)13(22)19-11-4-10(5-17-6-11)15(2)8-26(23,24)21(3)14(16)20-15/h4-7H,8H2,1-3H3,(H2,16,20)(H,19,22)/t15-/m0/s1. The highest BCUT2D eigenvalue weighted by Gasteiger charge is 2.40. The summed E-state index contributed by atoms with van der Waals surface area (Å²) in [6.07, 6.45) is 4.18. The molecule has 26 heavy (non-hydrogen) atoms. The number of oxazole rings is 1. The van der Waals surface area contributed by atoms with Crippen molar-refractivity contribution in [1.82, 2.24) is 14.3 Å². The first-order valence-electron chi connectivity index (χ1n) is 7.62. The van der Waals surface area contributed by atoms with E-state index in [1.54, 1.807) is 19.9 Å². The molecule has 10 nitrogen and oxygen atoms in total. The third-order valence-electron chi connectivity index (χ3n) is 4.03. The van der Waals surface area contributed by atoms with Crippen molar-refractivity contribution in [3.8, 4) is 0 Å². The molecular formula is C15H18N6O4S. The third-order valence-corrected chi connectivity index (χ3v) is 5.98. The smallest absolute Gasteiger partial charge is 0.277 e. The summed E-state index contributed by atoms with van der Waals surface area (Å²) in [4.78, 5) is 24.5. The van der Waals surface area contributed by atoms with Gasteiger partial charge in [-0.15, -0.1) is 0 Å². The van der Waals surface area contributed by atoms with Crippen LogP contribution in [0, 0.1) is 6.92 Å². The third kappa shape index (κ3) is 3.25. The quantitative estimate of drug-likeness (QED) is 0.788. The van der Waals surface area contributed by atoms with E-state index in [1.807, 2.05) is 0 Å². The Morgan fingerprint density at radius 2 is 2.15 bits per heavy atom. The van der Waals surface area contributed by atoms with Crippen LogP contribution in [-0.2, 0) is 15.6 Å². The lowest BCUT2D eigenvalue weighted by Gasteiger charge is -2.34. The van der Waals surface area contributed by atoms with Crippen LogP contribution in [0.5, 0.6) is 0 Å². The lowest BCUT2D eigenvalue weighted by molar-refractivity contribution is 0.102. The monoisotopic (exact) mass is 378 g/mol. The summed E-state index contributed by atoms with van der Waals surface area (Å²) in [5.41, 5.74) is 5.64. The molecule has 3 N–H and O–H groups in total. The summed E-state index contributed by atoms with van der Waals surface area (Å²) in [6, 6.07) is 1.61. The number of carbonyl (C=O) groups excluding carboxylic acids is 1. The first-order chi connectivity index (χ1) is 12.1. The zero-order valence-corrected chi connectivity index (χ0v) is 15.2. The lowest BCUT2D eigenvalue weighted by atomic mass is 9.96. The number of hydrogen-bond donors (Lipinski definition) is 2. The van der Waals surface area contributed by atoms with Crippen molar-refractivity contribution >= 4 is 27.6 Å². The number of hydrogen-bond acceptors (Lipinski definition) is 8.